The highest BCUT2D eigenvalue weighted by atomic mass is 19.1. The van der Waals surface area contributed by atoms with Crippen LogP contribution in [0.1, 0.15) is 35.8 Å². The molecule has 1 aromatic heterocycles. The normalized spacial score (nSPS) is 11.8. The Morgan fingerprint density at radius 3 is 2.45 bits per heavy atom. The minimum Gasteiger partial charge on any atom is -0.494 e. The fourth-order valence-corrected chi connectivity index (χ4v) is 3.51. The molecule has 4 rings (SSSR count). The van der Waals surface area contributed by atoms with Crippen molar-refractivity contribution in [3.8, 4) is 17.0 Å². The number of halogens is 1. The SMILES string of the molecule is CCOc1ccc(-c2cc(C(=O)N[C@@H](C)c3ccc(F)cc3)c3ccccc3n2)cc1. The second-order valence-corrected chi connectivity index (χ2v) is 7.28. The van der Waals surface area contributed by atoms with Crippen molar-refractivity contribution in [3.63, 3.8) is 0 Å². The van der Waals surface area contributed by atoms with Crippen molar-refractivity contribution >= 4 is 16.8 Å². The molecular formula is C26H23FN2O2. The first-order valence-corrected chi connectivity index (χ1v) is 10.2. The third kappa shape index (κ3) is 4.56. The molecule has 0 unspecified atom stereocenters. The molecule has 0 radical (unpaired) electrons. The molecule has 1 atom stereocenters. The minimum absolute atomic E-state index is 0.206. The Labute approximate surface area is 180 Å². The number of fused-ring (bicyclic) bond motifs is 1. The summed E-state index contributed by atoms with van der Waals surface area (Å²) in [6.45, 7) is 4.42. The van der Waals surface area contributed by atoms with Crippen molar-refractivity contribution < 1.29 is 13.9 Å². The number of carbonyl (C=O) groups excluding carboxylic acids is 1. The van der Waals surface area contributed by atoms with Gasteiger partial charge in [0.1, 0.15) is 11.6 Å². The van der Waals surface area contributed by atoms with Crippen LogP contribution in [0.25, 0.3) is 22.2 Å². The Balaban J connectivity index is 1.69. The summed E-state index contributed by atoms with van der Waals surface area (Å²) >= 11 is 0. The Kier molecular flexibility index (Phi) is 5.94. The molecule has 3 aromatic carbocycles. The van der Waals surface area contributed by atoms with E-state index in [1.807, 2.05) is 68.4 Å². The first-order chi connectivity index (χ1) is 15.0. The van der Waals surface area contributed by atoms with E-state index in [0.29, 0.717) is 17.9 Å². The number of benzene rings is 3. The van der Waals surface area contributed by atoms with Gasteiger partial charge in [-0.05, 0) is 67.9 Å². The Morgan fingerprint density at radius 2 is 1.74 bits per heavy atom. The van der Waals surface area contributed by atoms with Crippen LogP contribution >= 0.6 is 0 Å². The summed E-state index contributed by atoms with van der Waals surface area (Å²) in [6.07, 6.45) is 0. The number of amides is 1. The van der Waals surface area contributed by atoms with Crippen LogP contribution in [-0.2, 0) is 0 Å². The molecular weight excluding hydrogens is 391 g/mol. The lowest BCUT2D eigenvalue weighted by atomic mass is 10.0. The zero-order valence-electron chi connectivity index (χ0n) is 17.4. The van der Waals surface area contributed by atoms with Gasteiger partial charge < -0.3 is 10.1 Å². The molecule has 156 valence electrons. The van der Waals surface area contributed by atoms with Gasteiger partial charge in [-0.3, -0.25) is 4.79 Å². The van der Waals surface area contributed by atoms with Gasteiger partial charge in [-0.2, -0.15) is 0 Å². The molecule has 0 saturated heterocycles. The molecule has 0 bridgehead atoms. The van der Waals surface area contributed by atoms with Crippen LogP contribution in [0.5, 0.6) is 5.75 Å². The molecule has 5 heteroatoms. The second-order valence-electron chi connectivity index (χ2n) is 7.28. The maximum absolute atomic E-state index is 13.2. The van der Waals surface area contributed by atoms with Crippen molar-refractivity contribution in [1.29, 1.82) is 0 Å². The molecule has 1 heterocycles. The predicted octanol–water partition coefficient (Wildman–Crippen LogP) is 5.93. The number of carbonyl (C=O) groups is 1. The Morgan fingerprint density at radius 1 is 1.03 bits per heavy atom. The number of hydrogen-bond acceptors (Lipinski definition) is 3. The van der Waals surface area contributed by atoms with E-state index in [2.05, 4.69) is 5.32 Å². The van der Waals surface area contributed by atoms with Gasteiger partial charge in [0.2, 0.25) is 0 Å². The van der Waals surface area contributed by atoms with Gasteiger partial charge in [0, 0.05) is 10.9 Å². The molecule has 4 nitrogen and oxygen atoms in total. The monoisotopic (exact) mass is 414 g/mol. The zero-order chi connectivity index (χ0) is 21.8. The highest BCUT2D eigenvalue weighted by Gasteiger charge is 2.17. The lowest BCUT2D eigenvalue weighted by Gasteiger charge is -2.16. The van der Waals surface area contributed by atoms with Crippen LogP contribution in [0.3, 0.4) is 0 Å². The Hall–Kier alpha value is -3.73. The smallest absolute Gasteiger partial charge is 0.252 e. The molecule has 1 amide bonds. The molecule has 0 spiro atoms. The van der Waals surface area contributed by atoms with Gasteiger partial charge in [-0.25, -0.2) is 9.37 Å². The predicted molar refractivity (Wildman–Crippen MR) is 121 cm³/mol. The highest BCUT2D eigenvalue weighted by molar-refractivity contribution is 6.07. The molecule has 4 aromatic rings. The van der Waals surface area contributed by atoms with Crippen molar-refractivity contribution in [2.75, 3.05) is 6.61 Å². The van der Waals surface area contributed by atoms with E-state index in [0.717, 1.165) is 27.8 Å². The van der Waals surface area contributed by atoms with Crippen LogP contribution in [0.4, 0.5) is 4.39 Å². The number of ether oxygens (including phenoxy) is 1. The number of rotatable bonds is 6. The summed E-state index contributed by atoms with van der Waals surface area (Å²) in [5.74, 6) is 0.281. The fourth-order valence-electron chi connectivity index (χ4n) is 3.51. The van der Waals surface area contributed by atoms with Crippen LogP contribution in [0.2, 0.25) is 0 Å². The molecule has 31 heavy (non-hydrogen) atoms. The van der Waals surface area contributed by atoms with E-state index >= 15 is 0 Å². The van der Waals surface area contributed by atoms with Crippen molar-refractivity contribution in [2.24, 2.45) is 0 Å². The molecule has 1 N–H and O–H groups in total. The molecule has 0 fully saturated rings. The van der Waals surface area contributed by atoms with Crippen LogP contribution in [0.15, 0.2) is 78.9 Å². The van der Waals surface area contributed by atoms with Crippen molar-refractivity contribution in [1.82, 2.24) is 10.3 Å². The highest BCUT2D eigenvalue weighted by Crippen LogP contribution is 2.27. The first-order valence-electron chi connectivity index (χ1n) is 10.2. The summed E-state index contributed by atoms with van der Waals surface area (Å²) in [6, 6.07) is 22.9. The van der Waals surface area contributed by atoms with Crippen LogP contribution in [0, 0.1) is 5.82 Å². The molecule has 0 aliphatic carbocycles. The number of hydrogen-bond donors (Lipinski definition) is 1. The summed E-state index contributed by atoms with van der Waals surface area (Å²) in [5.41, 5.74) is 3.73. The minimum atomic E-state index is -0.303. The molecule has 0 saturated carbocycles. The molecule has 0 aliphatic heterocycles. The van der Waals surface area contributed by atoms with Crippen molar-refractivity contribution in [3.05, 3.63) is 95.8 Å². The largest absolute Gasteiger partial charge is 0.494 e. The third-order valence-corrected chi connectivity index (χ3v) is 5.14. The van der Waals surface area contributed by atoms with Crippen molar-refractivity contribution in [2.45, 2.75) is 19.9 Å². The number of para-hydroxylation sites is 1. The van der Waals surface area contributed by atoms with Crippen LogP contribution in [-0.4, -0.2) is 17.5 Å². The maximum atomic E-state index is 13.2. The van der Waals surface area contributed by atoms with Crippen LogP contribution < -0.4 is 10.1 Å². The quantitative estimate of drug-likeness (QED) is 0.425. The summed E-state index contributed by atoms with van der Waals surface area (Å²) in [7, 11) is 0. The van der Waals surface area contributed by atoms with E-state index < -0.39 is 0 Å². The number of nitrogens with zero attached hydrogens (tertiary/aromatic N) is 1. The first kappa shape index (κ1) is 20.5. The summed E-state index contributed by atoms with van der Waals surface area (Å²) < 4.78 is 18.7. The third-order valence-electron chi connectivity index (χ3n) is 5.14. The average Bonchev–Trinajstić information content (AvgIpc) is 2.79. The van der Waals surface area contributed by atoms with E-state index in [1.165, 1.54) is 12.1 Å². The fraction of sp³-hybridized carbons (Fsp3) is 0.154. The number of nitrogens with one attached hydrogen (secondary N) is 1. The van der Waals surface area contributed by atoms with Gasteiger partial charge in [0.25, 0.3) is 5.91 Å². The van der Waals surface area contributed by atoms with E-state index in [4.69, 9.17) is 9.72 Å². The lowest BCUT2D eigenvalue weighted by Crippen LogP contribution is -2.27. The standard InChI is InChI=1S/C26H23FN2O2/c1-3-31-21-14-10-19(11-15-21)25-16-23(22-6-4-5-7-24(22)29-25)26(30)28-17(2)18-8-12-20(27)13-9-18/h4-17H,3H2,1-2H3,(H,28,30)/t17-/m0/s1. The molecule has 0 aliphatic rings. The summed E-state index contributed by atoms with van der Waals surface area (Å²) in [4.78, 5) is 17.9. The van der Waals surface area contributed by atoms with E-state index in [9.17, 15) is 9.18 Å². The topological polar surface area (TPSA) is 51.2 Å². The number of aromatic nitrogens is 1. The van der Waals surface area contributed by atoms with E-state index in [1.54, 1.807) is 12.1 Å². The summed E-state index contributed by atoms with van der Waals surface area (Å²) in [5, 5.41) is 3.80. The van der Waals surface area contributed by atoms with Gasteiger partial charge in [-0.15, -0.1) is 0 Å². The van der Waals surface area contributed by atoms with Gasteiger partial charge >= 0.3 is 0 Å². The van der Waals surface area contributed by atoms with Gasteiger partial charge in [-0.1, -0.05) is 30.3 Å². The lowest BCUT2D eigenvalue weighted by molar-refractivity contribution is 0.0941. The van der Waals surface area contributed by atoms with E-state index in [-0.39, 0.29) is 17.8 Å². The second kappa shape index (κ2) is 8.96. The average molecular weight is 414 g/mol. The number of pyridine rings is 1. The zero-order valence-corrected chi connectivity index (χ0v) is 17.4. The van der Waals surface area contributed by atoms with Gasteiger partial charge in [0.15, 0.2) is 0 Å². The maximum Gasteiger partial charge on any atom is 0.252 e. The Bertz CT molecular complexity index is 1200. The van der Waals surface area contributed by atoms with Gasteiger partial charge in [0.05, 0.1) is 29.4 Å².